The smallest absolute Gasteiger partial charge is 0.321 e. The van der Waals surface area contributed by atoms with Crippen molar-refractivity contribution in [1.82, 2.24) is 9.62 Å². The van der Waals surface area contributed by atoms with E-state index in [1.807, 2.05) is 0 Å². The Labute approximate surface area is 151 Å². The van der Waals surface area contributed by atoms with Crippen molar-refractivity contribution in [3.05, 3.63) is 24.3 Å². The Hall–Kier alpha value is -2.46. The van der Waals surface area contributed by atoms with Crippen molar-refractivity contribution < 1.29 is 27.5 Å². The molecule has 0 saturated heterocycles. The van der Waals surface area contributed by atoms with Gasteiger partial charge in [0.15, 0.2) is 6.61 Å². The number of hydrogen-bond acceptors (Lipinski definition) is 6. The van der Waals surface area contributed by atoms with E-state index < -0.39 is 35.1 Å². The van der Waals surface area contributed by atoms with Gasteiger partial charge >= 0.3 is 5.97 Å². The minimum atomic E-state index is -3.91. The maximum atomic E-state index is 12.4. The number of ether oxygens (including phenoxy) is 1. The monoisotopic (exact) mass is 383 g/mol. The molecule has 26 heavy (non-hydrogen) atoms. The summed E-state index contributed by atoms with van der Waals surface area (Å²) in [5.41, 5.74) is 0.459. The van der Waals surface area contributed by atoms with Gasteiger partial charge in [-0.2, -0.15) is 4.31 Å². The molecular weight excluding hydrogens is 362 g/mol. The molecule has 0 heterocycles. The molecule has 142 valence electrons. The molecular formula is C16H21N3O6S. The van der Waals surface area contributed by atoms with E-state index in [0.717, 1.165) is 17.1 Å². The van der Waals surface area contributed by atoms with Crippen molar-refractivity contribution in [2.24, 2.45) is 0 Å². The van der Waals surface area contributed by atoms with Crippen molar-refractivity contribution in [3.63, 3.8) is 0 Å². The Bertz CT molecular complexity index is 787. The molecule has 1 aliphatic carbocycles. The summed E-state index contributed by atoms with van der Waals surface area (Å²) in [6, 6.07) is 5.70. The average molecular weight is 383 g/mol. The molecule has 0 aliphatic heterocycles. The molecule has 1 aliphatic rings. The lowest BCUT2D eigenvalue weighted by molar-refractivity contribution is -0.148. The molecule has 1 fully saturated rings. The van der Waals surface area contributed by atoms with Gasteiger partial charge in [0.2, 0.25) is 15.9 Å². The van der Waals surface area contributed by atoms with Gasteiger partial charge in [-0.15, -0.1) is 0 Å². The van der Waals surface area contributed by atoms with E-state index in [-0.39, 0.29) is 16.8 Å². The predicted molar refractivity (Wildman–Crippen MR) is 92.7 cm³/mol. The number of nitrogens with one attached hydrogen (secondary N) is 2. The molecule has 0 radical (unpaired) electrons. The topological polar surface area (TPSA) is 122 Å². The third-order valence-electron chi connectivity index (χ3n) is 3.54. The maximum absolute atomic E-state index is 12.4. The van der Waals surface area contributed by atoms with Gasteiger partial charge in [0.05, 0.1) is 4.90 Å². The van der Waals surface area contributed by atoms with E-state index >= 15 is 0 Å². The van der Waals surface area contributed by atoms with Crippen LogP contribution in [0.1, 0.15) is 19.8 Å². The number of esters is 1. The standard InChI is InChI=1S/C16H21N3O6S/c1-11(20)17-12-5-7-14(8-6-12)26(23,24)19(2)9-16(22)25-10-15(21)18-13-3-4-13/h5-8,13H,3-4,9-10H2,1-2H3,(H,17,20)(H,18,21). The average Bonchev–Trinajstić information content (AvgIpc) is 3.36. The summed E-state index contributed by atoms with van der Waals surface area (Å²) in [6.45, 7) is 0.385. The molecule has 10 heteroatoms. The van der Waals surface area contributed by atoms with Crippen LogP contribution in [0.5, 0.6) is 0 Å². The molecule has 9 nitrogen and oxygen atoms in total. The number of amides is 2. The predicted octanol–water partition coefficient (Wildman–Crippen LogP) is 0.0873. The van der Waals surface area contributed by atoms with Crippen molar-refractivity contribution in [2.75, 3.05) is 25.5 Å². The number of benzene rings is 1. The van der Waals surface area contributed by atoms with Crippen LogP contribution in [0.3, 0.4) is 0 Å². The number of sulfonamides is 1. The van der Waals surface area contributed by atoms with Crippen LogP contribution in [-0.2, 0) is 29.1 Å². The second kappa shape index (κ2) is 8.28. The van der Waals surface area contributed by atoms with Crippen molar-refractivity contribution in [3.8, 4) is 0 Å². The fourth-order valence-corrected chi connectivity index (χ4v) is 3.16. The minimum Gasteiger partial charge on any atom is -0.455 e. The normalized spacial score (nSPS) is 14.0. The molecule has 1 aromatic carbocycles. The molecule has 2 rings (SSSR count). The van der Waals surface area contributed by atoms with Crippen molar-refractivity contribution in [2.45, 2.75) is 30.7 Å². The van der Waals surface area contributed by atoms with E-state index in [0.29, 0.717) is 5.69 Å². The van der Waals surface area contributed by atoms with Crippen LogP contribution < -0.4 is 10.6 Å². The largest absolute Gasteiger partial charge is 0.455 e. The quantitative estimate of drug-likeness (QED) is 0.614. The van der Waals surface area contributed by atoms with Gasteiger partial charge in [-0.25, -0.2) is 8.42 Å². The van der Waals surface area contributed by atoms with Crippen LogP contribution in [0.4, 0.5) is 5.69 Å². The van der Waals surface area contributed by atoms with E-state index in [1.54, 1.807) is 0 Å². The number of likely N-dealkylation sites (N-methyl/N-ethyl adjacent to an activating group) is 1. The Morgan fingerprint density at radius 3 is 2.35 bits per heavy atom. The van der Waals surface area contributed by atoms with Crippen molar-refractivity contribution >= 4 is 33.5 Å². The molecule has 0 aromatic heterocycles. The molecule has 2 N–H and O–H groups in total. The first-order chi connectivity index (χ1) is 12.2. The summed E-state index contributed by atoms with van der Waals surface area (Å²) in [5, 5.41) is 5.19. The van der Waals surface area contributed by atoms with Gasteiger partial charge in [0.1, 0.15) is 6.54 Å². The third-order valence-corrected chi connectivity index (χ3v) is 5.36. The van der Waals surface area contributed by atoms with Crippen LogP contribution in [0.2, 0.25) is 0 Å². The highest BCUT2D eigenvalue weighted by Gasteiger charge is 2.25. The third kappa shape index (κ3) is 5.81. The minimum absolute atomic E-state index is 0.0339. The Balaban J connectivity index is 1.89. The molecule has 1 saturated carbocycles. The van der Waals surface area contributed by atoms with Gasteiger partial charge in [0.25, 0.3) is 5.91 Å². The lowest BCUT2D eigenvalue weighted by atomic mass is 10.3. The highest BCUT2D eigenvalue weighted by atomic mass is 32.2. The molecule has 1 aromatic rings. The summed E-state index contributed by atoms with van der Waals surface area (Å²) in [5.74, 6) is -1.50. The molecule has 2 amide bonds. The summed E-state index contributed by atoms with van der Waals surface area (Å²) in [7, 11) is -2.67. The fourth-order valence-electron chi connectivity index (χ4n) is 2.05. The second-order valence-corrected chi connectivity index (χ2v) is 8.01. The van der Waals surface area contributed by atoms with Gasteiger partial charge < -0.3 is 15.4 Å². The fraction of sp³-hybridized carbons (Fsp3) is 0.438. The summed E-state index contributed by atoms with van der Waals surface area (Å²) in [4.78, 5) is 34.2. The van der Waals surface area contributed by atoms with Gasteiger partial charge in [0, 0.05) is 25.7 Å². The maximum Gasteiger partial charge on any atom is 0.321 e. The second-order valence-electron chi connectivity index (χ2n) is 5.97. The zero-order valence-electron chi connectivity index (χ0n) is 14.5. The van der Waals surface area contributed by atoms with Crippen LogP contribution in [0.15, 0.2) is 29.2 Å². The highest BCUT2D eigenvalue weighted by Crippen LogP contribution is 2.18. The first kappa shape index (κ1) is 19.9. The number of carbonyl (C=O) groups excluding carboxylic acids is 3. The van der Waals surface area contributed by atoms with Crippen LogP contribution in [0, 0.1) is 0 Å². The van der Waals surface area contributed by atoms with Crippen LogP contribution >= 0.6 is 0 Å². The Kier molecular flexibility index (Phi) is 6.32. The summed E-state index contributed by atoms with van der Waals surface area (Å²) < 4.78 is 30.5. The number of hydrogen-bond donors (Lipinski definition) is 2. The summed E-state index contributed by atoms with van der Waals surface area (Å²) in [6.07, 6.45) is 1.84. The zero-order chi connectivity index (χ0) is 19.3. The first-order valence-corrected chi connectivity index (χ1v) is 9.41. The van der Waals surface area contributed by atoms with Gasteiger partial charge in [-0.1, -0.05) is 0 Å². The molecule has 0 spiro atoms. The van der Waals surface area contributed by atoms with Gasteiger partial charge in [-0.3, -0.25) is 14.4 Å². The SMILES string of the molecule is CC(=O)Nc1ccc(S(=O)(=O)N(C)CC(=O)OCC(=O)NC2CC2)cc1. The number of rotatable bonds is 8. The molecule has 0 atom stereocenters. The molecule has 0 bridgehead atoms. The van der Waals surface area contributed by atoms with Gasteiger partial charge in [-0.05, 0) is 37.1 Å². The first-order valence-electron chi connectivity index (χ1n) is 7.97. The lowest BCUT2D eigenvalue weighted by Gasteiger charge is -2.16. The summed E-state index contributed by atoms with van der Waals surface area (Å²) >= 11 is 0. The van der Waals surface area contributed by atoms with E-state index in [2.05, 4.69) is 10.6 Å². The number of carbonyl (C=O) groups is 3. The molecule has 0 unspecified atom stereocenters. The Morgan fingerprint density at radius 2 is 1.81 bits per heavy atom. The number of nitrogens with zero attached hydrogens (tertiary/aromatic N) is 1. The zero-order valence-corrected chi connectivity index (χ0v) is 15.3. The lowest BCUT2D eigenvalue weighted by Crippen LogP contribution is -2.35. The Morgan fingerprint density at radius 1 is 1.19 bits per heavy atom. The van der Waals surface area contributed by atoms with Crippen LogP contribution in [-0.4, -0.2) is 56.7 Å². The van der Waals surface area contributed by atoms with Crippen LogP contribution in [0.25, 0.3) is 0 Å². The highest BCUT2D eigenvalue weighted by molar-refractivity contribution is 7.89. The van der Waals surface area contributed by atoms with E-state index in [1.165, 1.54) is 38.2 Å². The van der Waals surface area contributed by atoms with Crippen molar-refractivity contribution in [1.29, 1.82) is 0 Å². The number of anilines is 1. The van der Waals surface area contributed by atoms with E-state index in [9.17, 15) is 22.8 Å². The van der Waals surface area contributed by atoms with E-state index in [4.69, 9.17) is 4.74 Å².